The maximum Gasteiger partial charge on any atom is 0.328 e. The number of esters is 1. The van der Waals surface area contributed by atoms with Crippen molar-refractivity contribution in [1.82, 2.24) is 14.9 Å². The van der Waals surface area contributed by atoms with Crippen molar-refractivity contribution in [2.45, 2.75) is 12.5 Å². The van der Waals surface area contributed by atoms with Crippen molar-refractivity contribution in [3.63, 3.8) is 0 Å². The molecule has 4 aromatic rings. The average Bonchev–Trinajstić information content (AvgIpc) is 2.89. The molecular formula is C27H23Cl2N3O5. The lowest BCUT2D eigenvalue weighted by molar-refractivity contribution is -0.142. The van der Waals surface area contributed by atoms with E-state index in [9.17, 15) is 14.4 Å². The van der Waals surface area contributed by atoms with E-state index in [-0.39, 0.29) is 27.6 Å². The van der Waals surface area contributed by atoms with E-state index in [1.807, 2.05) is 6.07 Å². The normalized spacial score (nSPS) is 11.7. The fraction of sp³-hybridized carbons (Fsp3) is 0.185. The molecule has 190 valence electrons. The molecule has 1 amide bonds. The van der Waals surface area contributed by atoms with E-state index in [0.717, 1.165) is 0 Å². The second-order valence-corrected chi connectivity index (χ2v) is 9.01. The zero-order chi connectivity index (χ0) is 26.7. The standard InChI is InChI=1S/C27H23Cl2N3O5/c1-32-13-11-21(36-2)22(26(32)34)16-10-9-15(24-17(16)6-5-12-30-24)14-20(27(35)37-3)31-25(33)23-18(28)7-4-8-19(23)29/h4-13,20H,14H2,1-3H3,(H,31,33). The Hall–Kier alpha value is -3.88. The molecule has 0 bridgehead atoms. The molecule has 1 unspecified atom stereocenters. The second-order valence-electron chi connectivity index (χ2n) is 8.20. The van der Waals surface area contributed by atoms with E-state index < -0.39 is 17.9 Å². The number of methoxy groups -OCH3 is 2. The van der Waals surface area contributed by atoms with Gasteiger partial charge in [0.25, 0.3) is 11.5 Å². The summed E-state index contributed by atoms with van der Waals surface area (Å²) in [6.07, 6.45) is 3.32. The lowest BCUT2D eigenvalue weighted by atomic mass is 9.95. The first-order valence-electron chi connectivity index (χ1n) is 11.2. The zero-order valence-corrected chi connectivity index (χ0v) is 21.8. The Morgan fingerprint density at radius 2 is 1.78 bits per heavy atom. The maximum atomic E-state index is 13.0. The summed E-state index contributed by atoms with van der Waals surface area (Å²) in [5.74, 6) is -0.835. The minimum absolute atomic E-state index is 0.0603. The van der Waals surface area contributed by atoms with Gasteiger partial charge in [0.2, 0.25) is 0 Å². The Kier molecular flexibility index (Phi) is 7.80. The molecule has 0 radical (unpaired) electrons. The predicted molar refractivity (Wildman–Crippen MR) is 142 cm³/mol. The molecule has 4 rings (SSSR count). The average molecular weight is 540 g/mol. The van der Waals surface area contributed by atoms with Crippen LogP contribution in [0.3, 0.4) is 0 Å². The van der Waals surface area contributed by atoms with Gasteiger partial charge in [0, 0.05) is 36.8 Å². The number of amides is 1. The number of hydrogen-bond acceptors (Lipinski definition) is 6. The minimum atomic E-state index is -1.06. The summed E-state index contributed by atoms with van der Waals surface area (Å²) in [5.41, 5.74) is 2.08. The lowest BCUT2D eigenvalue weighted by Crippen LogP contribution is -2.43. The number of nitrogens with zero attached hydrogens (tertiary/aromatic N) is 2. The van der Waals surface area contributed by atoms with Crippen molar-refractivity contribution < 1.29 is 19.1 Å². The van der Waals surface area contributed by atoms with Gasteiger partial charge in [0.1, 0.15) is 11.8 Å². The fourth-order valence-electron chi connectivity index (χ4n) is 4.14. The first-order chi connectivity index (χ1) is 17.8. The maximum absolute atomic E-state index is 13.0. The number of ether oxygens (including phenoxy) is 2. The number of hydrogen-bond donors (Lipinski definition) is 1. The fourth-order valence-corrected chi connectivity index (χ4v) is 4.71. The third-order valence-electron chi connectivity index (χ3n) is 5.98. The molecule has 2 aromatic carbocycles. The molecule has 0 aliphatic carbocycles. The van der Waals surface area contributed by atoms with Crippen molar-refractivity contribution in [2.24, 2.45) is 7.05 Å². The Labute approximate surface area is 222 Å². The number of benzene rings is 2. The van der Waals surface area contributed by atoms with Crippen molar-refractivity contribution in [3.8, 4) is 16.9 Å². The molecule has 0 spiro atoms. The first-order valence-corrected chi connectivity index (χ1v) is 12.0. The van der Waals surface area contributed by atoms with Crippen molar-refractivity contribution in [1.29, 1.82) is 0 Å². The van der Waals surface area contributed by atoms with Crippen molar-refractivity contribution >= 4 is 46.0 Å². The highest BCUT2D eigenvalue weighted by Gasteiger charge is 2.26. The zero-order valence-electron chi connectivity index (χ0n) is 20.2. The lowest BCUT2D eigenvalue weighted by Gasteiger charge is -2.19. The summed E-state index contributed by atoms with van der Waals surface area (Å²) in [4.78, 5) is 43.2. The summed E-state index contributed by atoms with van der Waals surface area (Å²) in [6.45, 7) is 0. The number of halogens is 2. The summed E-state index contributed by atoms with van der Waals surface area (Å²) < 4.78 is 11.9. The quantitative estimate of drug-likeness (QED) is 0.349. The van der Waals surface area contributed by atoms with E-state index in [2.05, 4.69) is 10.3 Å². The van der Waals surface area contributed by atoms with Crippen LogP contribution in [-0.4, -0.2) is 41.7 Å². The Bertz CT molecular complexity index is 1550. The predicted octanol–water partition coefficient (Wildman–Crippen LogP) is 4.43. The molecule has 0 fully saturated rings. The third kappa shape index (κ3) is 5.16. The van der Waals surface area contributed by atoms with Crippen molar-refractivity contribution in [3.05, 3.63) is 92.5 Å². The molecule has 1 atom stereocenters. The summed E-state index contributed by atoms with van der Waals surface area (Å²) >= 11 is 12.3. The van der Waals surface area contributed by atoms with Crippen LogP contribution in [0.25, 0.3) is 22.0 Å². The number of carbonyl (C=O) groups is 2. The number of nitrogens with one attached hydrogen (secondary N) is 1. The highest BCUT2D eigenvalue weighted by Crippen LogP contribution is 2.33. The number of fused-ring (bicyclic) bond motifs is 1. The van der Waals surface area contributed by atoms with E-state index in [4.69, 9.17) is 32.7 Å². The highest BCUT2D eigenvalue weighted by atomic mass is 35.5. The van der Waals surface area contributed by atoms with Gasteiger partial charge in [-0.3, -0.25) is 14.6 Å². The summed E-state index contributed by atoms with van der Waals surface area (Å²) in [6, 6.07) is 12.5. The van der Waals surface area contributed by atoms with Crippen LogP contribution in [0.15, 0.2) is 65.7 Å². The summed E-state index contributed by atoms with van der Waals surface area (Å²) in [5, 5.41) is 3.67. The number of pyridine rings is 2. The van der Waals surface area contributed by atoms with Gasteiger partial charge in [0.15, 0.2) is 0 Å². The van der Waals surface area contributed by atoms with Crippen LogP contribution in [-0.2, 0) is 23.0 Å². The van der Waals surface area contributed by atoms with E-state index in [1.54, 1.807) is 49.8 Å². The third-order valence-corrected chi connectivity index (χ3v) is 6.61. The molecular weight excluding hydrogens is 517 g/mol. The number of rotatable bonds is 7. The molecule has 2 heterocycles. The Morgan fingerprint density at radius 3 is 2.46 bits per heavy atom. The molecule has 0 saturated heterocycles. The molecule has 37 heavy (non-hydrogen) atoms. The van der Waals surface area contributed by atoms with Gasteiger partial charge >= 0.3 is 5.97 Å². The molecule has 8 nitrogen and oxygen atoms in total. The van der Waals surface area contributed by atoms with Gasteiger partial charge in [0.05, 0.1) is 40.9 Å². The molecule has 1 N–H and O–H groups in total. The van der Waals surface area contributed by atoms with Crippen LogP contribution in [0.2, 0.25) is 10.0 Å². The largest absolute Gasteiger partial charge is 0.496 e. The number of aryl methyl sites for hydroxylation is 1. The van der Waals surface area contributed by atoms with Crippen LogP contribution < -0.4 is 15.6 Å². The minimum Gasteiger partial charge on any atom is -0.496 e. The number of carbonyl (C=O) groups excluding carboxylic acids is 2. The molecule has 10 heteroatoms. The Balaban J connectivity index is 1.77. The van der Waals surface area contributed by atoms with E-state index in [1.165, 1.54) is 30.9 Å². The van der Waals surface area contributed by atoms with Gasteiger partial charge in [-0.15, -0.1) is 0 Å². The van der Waals surface area contributed by atoms with Crippen LogP contribution >= 0.6 is 23.2 Å². The summed E-state index contributed by atoms with van der Waals surface area (Å²) in [7, 11) is 4.40. The molecule has 0 saturated carbocycles. The van der Waals surface area contributed by atoms with E-state index in [0.29, 0.717) is 33.3 Å². The van der Waals surface area contributed by atoms with Crippen LogP contribution in [0.1, 0.15) is 15.9 Å². The Morgan fingerprint density at radius 1 is 1.05 bits per heavy atom. The van der Waals surface area contributed by atoms with Crippen LogP contribution in [0, 0.1) is 0 Å². The molecule has 0 aliphatic heterocycles. The van der Waals surface area contributed by atoms with Gasteiger partial charge in [-0.05, 0) is 29.8 Å². The molecule has 0 aliphatic rings. The van der Waals surface area contributed by atoms with Crippen LogP contribution in [0.4, 0.5) is 0 Å². The molecule has 2 aromatic heterocycles. The van der Waals surface area contributed by atoms with Gasteiger partial charge in [-0.1, -0.05) is 47.5 Å². The van der Waals surface area contributed by atoms with E-state index >= 15 is 0 Å². The topological polar surface area (TPSA) is 99.5 Å². The van der Waals surface area contributed by atoms with Gasteiger partial charge in [-0.25, -0.2) is 4.79 Å². The first kappa shape index (κ1) is 26.2. The van der Waals surface area contributed by atoms with Crippen molar-refractivity contribution in [2.75, 3.05) is 14.2 Å². The second kappa shape index (κ2) is 11.0. The van der Waals surface area contributed by atoms with Gasteiger partial charge in [-0.2, -0.15) is 0 Å². The monoisotopic (exact) mass is 539 g/mol. The smallest absolute Gasteiger partial charge is 0.328 e. The van der Waals surface area contributed by atoms with Crippen LogP contribution in [0.5, 0.6) is 5.75 Å². The number of aromatic nitrogens is 2. The van der Waals surface area contributed by atoms with Gasteiger partial charge < -0.3 is 19.4 Å². The SMILES string of the molecule is COC(=O)C(Cc1ccc(-c2c(OC)ccn(C)c2=O)c2cccnc12)NC(=O)c1c(Cl)cccc1Cl. The highest BCUT2D eigenvalue weighted by molar-refractivity contribution is 6.39.